The molecule has 0 bridgehead atoms. The van der Waals surface area contributed by atoms with Crippen molar-refractivity contribution in [3.05, 3.63) is 70.3 Å². The number of piperidine rings is 1. The summed E-state index contributed by atoms with van der Waals surface area (Å²) in [5.74, 6) is 0.426. The van der Waals surface area contributed by atoms with Gasteiger partial charge in [-0.1, -0.05) is 36.4 Å². The van der Waals surface area contributed by atoms with Gasteiger partial charge < -0.3 is 4.74 Å². The fourth-order valence-electron chi connectivity index (χ4n) is 4.05. The van der Waals surface area contributed by atoms with E-state index in [4.69, 9.17) is 4.74 Å². The van der Waals surface area contributed by atoms with Crippen LogP contribution in [0.2, 0.25) is 0 Å². The van der Waals surface area contributed by atoms with Gasteiger partial charge in [-0.15, -0.1) is 0 Å². The molecule has 3 nitrogen and oxygen atoms in total. The molecular weight excluding hydrogens is 298 g/mol. The minimum atomic E-state index is -0.169. The molecule has 2 aromatic carbocycles. The van der Waals surface area contributed by atoms with E-state index in [0.29, 0.717) is 12.5 Å². The molecular formula is C21H23NO2. The Morgan fingerprint density at radius 3 is 2.58 bits per heavy atom. The second-order valence-electron chi connectivity index (χ2n) is 6.92. The molecule has 2 aliphatic rings. The summed E-state index contributed by atoms with van der Waals surface area (Å²) in [6.07, 6.45) is 2.36. The highest BCUT2D eigenvalue weighted by Gasteiger charge is 2.27. The summed E-state index contributed by atoms with van der Waals surface area (Å²) in [6, 6.07) is 14.8. The molecule has 0 saturated carbocycles. The maximum absolute atomic E-state index is 11.7. The molecule has 0 spiro atoms. The third-order valence-corrected chi connectivity index (χ3v) is 5.48. The SMILES string of the molecule is Cc1c(C2CCN(Cc3ccccc3)CC2)ccc2c1COC2=O. The zero-order chi connectivity index (χ0) is 16.5. The van der Waals surface area contributed by atoms with E-state index in [0.717, 1.165) is 30.8 Å². The number of hydrogen-bond donors (Lipinski definition) is 0. The topological polar surface area (TPSA) is 29.5 Å². The first kappa shape index (κ1) is 15.4. The average Bonchev–Trinajstić information content (AvgIpc) is 2.99. The van der Waals surface area contributed by atoms with E-state index in [1.54, 1.807) is 0 Å². The van der Waals surface area contributed by atoms with Crippen LogP contribution in [-0.2, 0) is 17.9 Å². The molecule has 24 heavy (non-hydrogen) atoms. The molecule has 2 aliphatic heterocycles. The maximum Gasteiger partial charge on any atom is 0.338 e. The van der Waals surface area contributed by atoms with E-state index < -0.39 is 0 Å². The Balaban J connectivity index is 1.44. The van der Waals surface area contributed by atoms with Gasteiger partial charge in [-0.2, -0.15) is 0 Å². The Kier molecular flexibility index (Phi) is 4.11. The number of ether oxygens (including phenoxy) is 1. The van der Waals surface area contributed by atoms with Crippen molar-refractivity contribution in [3.8, 4) is 0 Å². The quantitative estimate of drug-likeness (QED) is 0.799. The van der Waals surface area contributed by atoms with Crippen LogP contribution in [0.1, 0.15) is 51.4 Å². The van der Waals surface area contributed by atoms with Crippen molar-refractivity contribution in [2.24, 2.45) is 0 Å². The minimum absolute atomic E-state index is 0.169. The number of esters is 1. The summed E-state index contributed by atoms with van der Waals surface area (Å²) in [4.78, 5) is 14.2. The van der Waals surface area contributed by atoms with Crippen LogP contribution in [0.3, 0.4) is 0 Å². The monoisotopic (exact) mass is 321 g/mol. The number of benzene rings is 2. The highest BCUT2D eigenvalue weighted by atomic mass is 16.5. The van der Waals surface area contributed by atoms with Crippen LogP contribution >= 0.6 is 0 Å². The van der Waals surface area contributed by atoms with Crippen LogP contribution in [0, 0.1) is 6.92 Å². The molecule has 3 heteroatoms. The van der Waals surface area contributed by atoms with Crippen molar-refractivity contribution in [2.75, 3.05) is 13.1 Å². The molecule has 0 atom stereocenters. The molecule has 2 heterocycles. The Morgan fingerprint density at radius 1 is 1.08 bits per heavy atom. The second-order valence-corrected chi connectivity index (χ2v) is 6.92. The number of cyclic esters (lactones) is 1. The van der Waals surface area contributed by atoms with Gasteiger partial charge in [0, 0.05) is 12.1 Å². The number of hydrogen-bond acceptors (Lipinski definition) is 3. The van der Waals surface area contributed by atoms with Gasteiger partial charge in [0.25, 0.3) is 0 Å². The standard InChI is InChI=1S/C21H23NO2/c1-15-18(7-8-19-20(15)14-24-21(19)23)17-9-11-22(12-10-17)13-16-5-3-2-4-6-16/h2-8,17H,9-14H2,1H3. The lowest BCUT2D eigenvalue weighted by Gasteiger charge is -2.33. The van der Waals surface area contributed by atoms with Gasteiger partial charge in [0.05, 0.1) is 5.56 Å². The zero-order valence-corrected chi connectivity index (χ0v) is 14.1. The van der Waals surface area contributed by atoms with E-state index in [1.165, 1.54) is 29.5 Å². The van der Waals surface area contributed by atoms with Gasteiger partial charge >= 0.3 is 5.97 Å². The van der Waals surface area contributed by atoms with E-state index in [-0.39, 0.29) is 5.97 Å². The number of rotatable bonds is 3. The molecule has 1 fully saturated rings. The number of carbonyl (C=O) groups excluding carboxylic acids is 1. The Morgan fingerprint density at radius 2 is 1.83 bits per heavy atom. The Hall–Kier alpha value is -2.13. The molecule has 2 aromatic rings. The van der Waals surface area contributed by atoms with Crippen molar-refractivity contribution in [1.82, 2.24) is 4.90 Å². The van der Waals surface area contributed by atoms with E-state index in [9.17, 15) is 4.79 Å². The second kappa shape index (κ2) is 6.40. The summed E-state index contributed by atoms with van der Waals surface area (Å²) in [5.41, 5.74) is 5.92. The zero-order valence-electron chi connectivity index (χ0n) is 14.1. The molecule has 4 rings (SSSR count). The number of nitrogens with zero attached hydrogens (tertiary/aromatic N) is 1. The Labute approximate surface area is 143 Å². The van der Waals surface area contributed by atoms with Crippen molar-refractivity contribution in [3.63, 3.8) is 0 Å². The highest BCUT2D eigenvalue weighted by molar-refractivity contribution is 5.93. The van der Waals surface area contributed by atoms with E-state index >= 15 is 0 Å². The van der Waals surface area contributed by atoms with Crippen LogP contribution in [0.25, 0.3) is 0 Å². The first-order valence-electron chi connectivity index (χ1n) is 8.78. The van der Waals surface area contributed by atoms with Crippen LogP contribution in [-0.4, -0.2) is 24.0 Å². The molecule has 0 N–H and O–H groups in total. The predicted molar refractivity (Wildman–Crippen MR) is 94.0 cm³/mol. The molecule has 0 amide bonds. The lowest BCUT2D eigenvalue weighted by atomic mass is 9.84. The maximum atomic E-state index is 11.7. The van der Waals surface area contributed by atoms with Crippen molar-refractivity contribution in [2.45, 2.75) is 38.8 Å². The van der Waals surface area contributed by atoms with Crippen LogP contribution < -0.4 is 0 Å². The summed E-state index contributed by atoms with van der Waals surface area (Å²) in [7, 11) is 0. The molecule has 1 saturated heterocycles. The van der Waals surface area contributed by atoms with Crippen molar-refractivity contribution < 1.29 is 9.53 Å². The normalized spacial score (nSPS) is 18.5. The van der Waals surface area contributed by atoms with Crippen molar-refractivity contribution >= 4 is 5.97 Å². The number of likely N-dealkylation sites (tertiary alicyclic amines) is 1. The molecule has 0 radical (unpaired) electrons. The summed E-state index contributed by atoms with van der Waals surface area (Å²) in [6.45, 7) is 5.89. The molecule has 124 valence electrons. The van der Waals surface area contributed by atoms with Gasteiger partial charge in [-0.05, 0) is 61.5 Å². The van der Waals surface area contributed by atoms with Gasteiger partial charge in [-0.3, -0.25) is 4.90 Å². The minimum Gasteiger partial charge on any atom is -0.457 e. The smallest absolute Gasteiger partial charge is 0.338 e. The summed E-state index contributed by atoms with van der Waals surface area (Å²) >= 11 is 0. The molecule has 0 unspecified atom stereocenters. The van der Waals surface area contributed by atoms with Gasteiger partial charge in [-0.25, -0.2) is 4.79 Å². The average molecular weight is 321 g/mol. The van der Waals surface area contributed by atoms with Crippen LogP contribution in [0.4, 0.5) is 0 Å². The first-order chi connectivity index (χ1) is 11.7. The fraction of sp³-hybridized carbons (Fsp3) is 0.381. The third kappa shape index (κ3) is 2.84. The van der Waals surface area contributed by atoms with Gasteiger partial charge in [0.1, 0.15) is 6.61 Å². The van der Waals surface area contributed by atoms with Gasteiger partial charge in [0.2, 0.25) is 0 Å². The lowest BCUT2D eigenvalue weighted by Crippen LogP contribution is -2.32. The summed E-state index contributed by atoms with van der Waals surface area (Å²) < 4.78 is 5.18. The number of carbonyl (C=O) groups is 1. The van der Waals surface area contributed by atoms with Crippen LogP contribution in [0.15, 0.2) is 42.5 Å². The summed E-state index contributed by atoms with van der Waals surface area (Å²) in [5, 5.41) is 0. The van der Waals surface area contributed by atoms with E-state index in [2.05, 4.69) is 48.2 Å². The Bertz CT molecular complexity index is 746. The first-order valence-corrected chi connectivity index (χ1v) is 8.78. The van der Waals surface area contributed by atoms with Gasteiger partial charge in [0.15, 0.2) is 0 Å². The molecule has 0 aliphatic carbocycles. The third-order valence-electron chi connectivity index (χ3n) is 5.48. The van der Waals surface area contributed by atoms with Crippen molar-refractivity contribution in [1.29, 1.82) is 0 Å². The largest absolute Gasteiger partial charge is 0.457 e. The fourth-order valence-corrected chi connectivity index (χ4v) is 4.05. The number of fused-ring (bicyclic) bond motifs is 1. The highest BCUT2D eigenvalue weighted by Crippen LogP contribution is 2.35. The lowest BCUT2D eigenvalue weighted by molar-refractivity contribution is 0.0535. The predicted octanol–water partition coefficient (Wildman–Crippen LogP) is 4.05. The van der Waals surface area contributed by atoms with E-state index in [1.807, 2.05) is 6.07 Å². The van der Waals surface area contributed by atoms with Crippen LogP contribution in [0.5, 0.6) is 0 Å². The molecule has 0 aromatic heterocycles.